The minimum Gasteiger partial charge on any atom is -0.454 e. The molecule has 1 heterocycles. The normalized spacial score (nSPS) is 14.4. The van der Waals surface area contributed by atoms with Crippen LogP contribution in [-0.4, -0.2) is 0 Å². The Labute approximate surface area is 328 Å². The molecule has 2 nitrogen and oxygen atoms in total. The van der Waals surface area contributed by atoms with Crippen molar-refractivity contribution in [3.8, 4) is 44.5 Å². The Kier molecular flexibility index (Phi) is 6.98. The summed E-state index contributed by atoms with van der Waals surface area (Å²) >= 11 is 0. The fourth-order valence-electron chi connectivity index (χ4n) is 9.72. The van der Waals surface area contributed by atoms with Crippen LogP contribution in [0.1, 0.15) is 49.9 Å². The van der Waals surface area contributed by atoms with Crippen LogP contribution in [0.5, 0.6) is 0 Å². The first-order valence-corrected chi connectivity index (χ1v) is 19.7. The molecule has 0 bridgehead atoms. The molecule has 2 heteroatoms. The Morgan fingerprint density at radius 1 is 0.375 bits per heavy atom. The fraction of sp³-hybridized carbons (Fsp3) is 0.111. The van der Waals surface area contributed by atoms with E-state index in [4.69, 9.17) is 4.42 Å². The van der Waals surface area contributed by atoms with Gasteiger partial charge >= 0.3 is 0 Å². The zero-order chi connectivity index (χ0) is 37.8. The van der Waals surface area contributed by atoms with Crippen LogP contribution in [0.2, 0.25) is 0 Å². The van der Waals surface area contributed by atoms with Crippen LogP contribution in [0.4, 0.5) is 17.1 Å². The van der Waals surface area contributed by atoms with Crippen molar-refractivity contribution in [1.82, 2.24) is 0 Å². The quantitative estimate of drug-likeness (QED) is 0.176. The molecule has 0 atom stereocenters. The van der Waals surface area contributed by atoms with Crippen LogP contribution < -0.4 is 4.90 Å². The first-order chi connectivity index (χ1) is 27.3. The summed E-state index contributed by atoms with van der Waals surface area (Å²) in [5.41, 5.74) is 20.4. The Bertz CT molecular complexity index is 3020. The lowest BCUT2D eigenvalue weighted by atomic mass is 9.81. The summed E-state index contributed by atoms with van der Waals surface area (Å²) in [4.78, 5) is 2.37. The summed E-state index contributed by atoms with van der Waals surface area (Å²) < 4.78 is 6.88. The summed E-state index contributed by atoms with van der Waals surface area (Å²) in [6.07, 6.45) is 0. The molecule has 0 saturated carbocycles. The lowest BCUT2D eigenvalue weighted by Crippen LogP contribution is -2.16. The second kappa shape index (κ2) is 11.9. The van der Waals surface area contributed by atoms with Crippen molar-refractivity contribution >= 4 is 39.0 Å². The number of hydrogen-bond donors (Lipinski definition) is 0. The predicted molar refractivity (Wildman–Crippen MR) is 234 cm³/mol. The van der Waals surface area contributed by atoms with E-state index in [2.05, 4.69) is 209 Å². The Morgan fingerprint density at radius 2 is 0.911 bits per heavy atom. The molecule has 0 N–H and O–H groups in total. The van der Waals surface area contributed by atoms with Gasteiger partial charge in [0, 0.05) is 33.0 Å². The van der Waals surface area contributed by atoms with Crippen molar-refractivity contribution in [1.29, 1.82) is 0 Å². The van der Waals surface area contributed by atoms with E-state index in [1.165, 1.54) is 66.8 Å². The zero-order valence-electron chi connectivity index (χ0n) is 32.1. The Morgan fingerprint density at radius 3 is 1.62 bits per heavy atom. The maximum Gasteiger partial charge on any atom is 0.159 e. The van der Waals surface area contributed by atoms with E-state index in [1.807, 2.05) is 0 Å². The topological polar surface area (TPSA) is 16.4 Å². The third kappa shape index (κ3) is 4.75. The maximum atomic E-state index is 6.88. The molecule has 1 aromatic heterocycles. The Hall–Kier alpha value is -6.64. The van der Waals surface area contributed by atoms with Gasteiger partial charge in [0.15, 0.2) is 5.58 Å². The zero-order valence-corrected chi connectivity index (χ0v) is 32.1. The van der Waals surface area contributed by atoms with Crippen molar-refractivity contribution in [2.45, 2.75) is 38.5 Å². The Balaban J connectivity index is 1.06. The van der Waals surface area contributed by atoms with Gasteiger partial charge in [0.05, 0.1) is 5.69 Å². The first-order valence-electron chi connectivity index (χ1n) is 19.7. The van der Waals surface area contributed by atoms with E-state index in [0.717, 1.165) is 39.0 Å². The van der Waals surface area contributed by atoms with E-state index in [0.29, 0.717) is 0 Å². The molecule has 9 aromatic rings. The number of fused-ring (bicyclic) bond motifs is 9. The number of para-hydroxylation sites is 1. The van der Waals surface area contributed by atoms with Gasteiger partial charge in [-0.15, -0.1) is 0 Å². The average molecular weight is 720 g/mol. The minimum atomic E-state index is -0.123. The van der Waals surface area contributed by atoms with Crippen LogP contribution in [0.15, 0.2) is 180 Å². The van der Waals surface area contributed by atoms with E-state index in [1.54, 1.807) is 0 Å². The largest absolute Gasteiger partial charge is 0.454 e. The molecule has 0 saturated heterocycles. The molecule has 0 radical (unpaired) electrons. The van der Waals surface area contributed by atoms with Crippen LogP contribution in [0.3, 0.4) is 0 Å². The third-order valence-corrected chi connectivity index (χ3v) is 12.7. The molecule has 268 valence electrons. The lowest BCUT2D eigenvalue weighted by Gasteiger charge is -2.28. The molecule has 8 aromatic carbocycles. The number of rotatable bonds is 5. The third-order valence-electron chi connectivity index (χ3n) is 12.7. The van der Waals surface area contributed by atoms with Gasteiger partial charge in [-0.25, -0.2) is 0 Å². The summed E-state index contributed by atoms with van der Waals surface area (Å²) in [7, 11) is 0. The first kappa shape index (κ1) is 32.8. The van der Waals surface area contributed by atoms with Crippen molar-refractivity contribution in [3.63, 3.8) is 0 Å². The van der Waals surface area contributed by atoms with Gasteiger partial charge in [0.25, 0.3) is 0 Å². The maximum absolute atomic E-state index is 6.88. The smallest absolute Gasteiger partial charge is 0.159 e. The molecule has 0 aliphatic heterocycles. The van der Waals surface area contributed by atoms with Crippen LogP contribution in [-0.2, 0) is 10.8 Å². The lowest BCUT2D eigenvalue weighted by molar-refractivity contribution is 0.660. The SMILES string of the molecule is CC1(C)c2ccccc2-c2ccc(-c3ccc4oc5c(N(c6ccc(-c7ccccc7)cc6)c6ccc7c(c6)C(C)(C)c6ccccc6-7)cccc5c4c3)cc21. The summed E-state index contributed by atoms with van der Waals surface area (Å²) in [5.74, 6) is 0. The van der Waals surface area contributed by atoms with Crippen molar-refractivity contribution < 1.29 is 4.42 Å². The molecule has 0 amide bonds. The number of nitrogens with zero attached hydrogens (tertiary/aromatic N) is 1. The van der Waals surface area contributed by atoms with E-state index < -0.39 is 0 Å². The van der Waals surface area contributed by atoms with Gasteiger partial charge in [-0.2, -0.15) is 0 Å². The molecule has 56 heavy (non-hydrogen) atoms. The van der Waals surface area contributed by atoms with Crippen LogP contribution in [0.25, 0.3) is 66.4 Å². The summed E-state index contributed by atoms with van der Waals surface area (Å²) in [6.45, 7) is 9.38. The molecule has 2 aliphatic rings. The molecule has 0 unspecified atom stereocenters. The number of anilines is 3. The minimum absolute atomic E-state index is 0.0540. The van der Waals surface area contributed by atoms with Crippen molar-refractivity contribution in [3.05, 3.63) is 198 Å². The van der Waals surface area contributed by atoms with Gasteiger partial charge in [-0.3, -0.25) is 0 Å². The second-order valence-corrected chi connectivity index (χ2v) is 16.5. The van der Waals surface area contributed by atoms with Gasteiger partial charge in [-0.05, 0) is 115 Å². The highest BCUT2D eigenvalue weighted by Crippen LogP contribution is 2.52. The molecule has 0 fully saturated rings. The molecule has 2 aliphatic carbocycles. The van der Waals surface area contributed by atoms with Crippen LogP contribution in [0, 0.1) is 0 Å². The number of hydrogen-bond acceptors (Lipinski definition) is 2. The van der Waals surface area contributed by atoms with Gasteiger partial charge in [0.2, 0.25) is 0 Å². The molecular weight excluding hydrogens is 679 g/mol. The molecule has 11 rings (SSSR count). The number of benzene rings is 8. The van der Waals surface area contributed by atoms with Crippen molar-refractivity contribution in [2.24, 2.45) is 0 Å². The fourth-order valence-corrected chi connectivity index (χ4v) is 9.72. The van der Waals surface area contributed by atoms with E-state index >= 15 is 0 Å². The van der Waals surface area contributed by atoms with E-state index in [-0.39, 0.29) is 10.8 Å². The van der Waals surface area contributed by atoms with Crippen LogP contribution >= 0.6 is 0 Å². The summed E-state index contributed by atoms with van der Waals surface area (Å²) in [5, 5.41) is 2.22. The summed E-state index contributed by atoms with van der Waals surface area (Å²) in [6, 6.07) is 64.4. The highest BCUT2D eigenvalue weighted by molar-refractivity contribution is 6.11. The highest BCUT2D eigenvalue weighted by atomic mass is 16.3. The van der Waals surface area contributed by atoms with Crippen molar-refractivity contribution in [2.75, 3.05) is 4.90 Å². The highest BCUT2D eigenvalue weighted by Gasteiger charge is 2.37. The predicted octanol–water partition coefficient (Wildman–Crippen LogP) is 15.0. The standard InChI is InChI=1S/C54H41NO/c1-53(2)46-18-10-8-15-40(46)42-28-23-37(32-48(42)53)36-24-30-51-45(31-36)44-17-12-20-50(52(44)56-51)55(38-25-21-35(22-26-38)34-13-6-5-7-14-34)39-27-29-43-41-16-9-11-19-47(41)54(3,4)49(43)33-39/h5-33H,1-4H3. The monoisotopic (exact) mass is 719 g/mol. The van der Waals surface area contributed by atoms with Gasteiger partial charge in [0.1, 0.15) is 5.58 Å². The molecular formula is C54H41NO. The number of furan rings is 1. The second-order valence-electron chi connectivity index (χ2n) is 16.5. The average Bonchev–Trinajstić information content (AvgIpc) is 3.81. The van der Waals surface area contributed by atoms with Gasteiger partial charge in [-0.1, -0.05) is 155 Å². The molecule has 0 spiro atoms. The van der Waals surface area contributed by atoms with Gasteiger partial charge < -0.3 is 9.32 Å². The van der Waals surface area contributed by atoms with E-state index in [9.17, 15) is 0 Å².